The fourth-order valence-corrected chi connectivity index (χ4v) is 3.55. The average molecular weight is 449 g/mol. The van der Waals surface area contributed by atoms with Gasteiger partial charge in [-0.25, -0.2) is 4.79 Å². The van der Waals surface area contributed by atoms with E-state index in [1.807, 2.05) is 0 Å². The predicted molar refractivity (Wildman–Crippen MR) is 102 cm³/mol. The van der Waals surface area contributed by atoms with E-state index in [0.29, 0.717) is 42.9 Å². The van der Waals surface area contributed by atoms with Gasteiger partial charge in [0.05, 0.1) is 19.8 Å². The molecule has 1 aromatic heterocycles. The second-order valence-corrected chi connectivity index (χ2v) is 7.32. The van der Waals surface area contributed by atoms with E-state index in [0.717, 1.165) is 10.1 Å². The molecule has 2 rings (SSSR count). The lowest BCUT2D eigenvalue weighted by atomic mass is 10.0. The summed E-state index contributed by atoms with van der Waals surface area (Å²) >= 11 is 2.13. The highest BCUT2D eigenvalue weighted by molar-refractivity contribution is 14.1. The topological polar surface area (TPSA) is 60.6 Å². The molecular formula is C18H28INO4. The van der Waals surface area contributed by atoms with Crippen LogP contribution in [0.25, 0.3) is 0 Å². The van der Waals surface area contributed by atoms with Crippen molar-refractivity contribution in [1.29, 1.82) is 0 Å². The first-order valence-electron chi connectivity index (χ1n) is 9.01. The summed E-state index contributed by atoms with van der Waals surface area (Å²) in [6.45, 7) is 5.59. The molecule has 1 N–H and O–H groups in total. The number of rotatable bonds is 9. The Bertz CT molecular complexity index is 529. The maximum atomic E-state index is 12.0. The van der Waals surface area contributed by atoms with E-state index < -0.39 is 5.97 Å². The minimum Gasteiger partial charge on any atom is -0.487 e. The summed E-state index contributed by atoms with van der Waals surface area (Å²) < 4.78 is 17.7. The molecule has 0 radical (unpaired) electrons. The molecule has 1 aliphatic rings. The van der Waals surface area contributed by atoms with Gasteiger partial charge in [0.2, 0.25) is 0 Å². The van der Waals surface area contributed by atoms with Gasteiger partial charge >= 0.3 is 5.97 Å². The summed E-state index contributed by atoms with van der Waals surface area (Å²) in [4.78, 5) is 15.0. The standard InChI is InChI=1S/C18H28INO4/c1-3-5-6-7-8-9-10-13-11-23-15-14(18(21)22-4-2)20-17(19)16(15)24-12-13/h13,20H,3-12H2,1-2H3. The molecule has 1 aromatic rings. The van der Waals surface area contributed by atoms with Crippen molar-refractivity contribution in [2.75, 3.05) is 19.8 Å². The van der Waals surface area contributed by atoms with Crippen molar-refractivity contribution in [2.45, 2.75) is 58.8 Å². The van der Waals surface area contributed by atoms with Crippen LogP contribution in [0, 0.1) is 9.62 Å². The first-order chi connectivity index (χ1) is 11.7. The van der Waals surface area contributed by atoms with Gasteiger partial charge in [0.1, 0.15) is 3.70 Å². The number of aromatic nitrogens is 1. The van der Waals surface area contributed by atoms with Crippen LogP contribution >= 0.6 is 22.6 Å². The van der Waals surface area contributed by atoms with Crippen LogP contribution in [0.3, 0.4) is 0 Å². The SMILES string of the molecule is CCCCCCCCC1COc2c(I)[nH]c(C(=O)OCC)c2OC1. The highest BCUT2D eigenvalue weighted by Gasteiger charge is 2.29. The van der Waals surface area contributed by atoms with E-state index in [9.17, 15) is 4.79 Å². The van der Waals surface area contributed by atoms with Gasteiger partial charge in [0, 0.05) is 5.92 Å². The smallest absolute Gasteiger partial charge is 0.358 e. The zero-order valence-electron chi connectivity index (χ0n) is 14.7. The molecule has 0 aromatic carbocycles. The van der Waals surface area contributed by atoms with Crippen LogP contribution in [-0.4, -0.2) is 30.8 Å². The van der Waals surface area contributed by atoms with Crippen LogP contribution in [0.15, 0.2) is 0 Å². The Hall–Kier alpha value is -0.920. The number of halogens is 1. The van der Waals surface area contributed by atoms with E-state index in [1.165, 1.54) is 38.5 Å². The molecule has 5 nitrogen and oxygen atoms in total. The van der Waals surface area contributed by atoms with Gasteiger partial charge in [-0.3, -0.25) is 0 Å². The maximum absolute atomic E-state index is 12.0. The molecule has 6 heteroatoms. The quantitative estimate of drug-likeness (QED) is 0.330. The molecule has 0 aliphatic carbocycles. The molecule has 1 unspecified atom stereocenters. The van der Waals surface area contributed by atoms with Gasteiger partial charge in [-0.1, -0.05) is 45.4 Å². The van der Waals surface area contributed by atoms with Crippen LogP contribution in [0.1, 0.15) is 69.3 Å². The third kappa shape index (κ3) is 5.29. The zero-order valence-corrected chi connectivity index (χ0v) is 16.8. The summed E-state index contributed by atoms with van der Waals surface area (Å²) in [5.74, 6) is 1.12. The Kier molecular flexibility index (Phi) is 8.21. The molecule has 24 heavy (non-hydrogen) atoms. The third-order valence-corrected chi connectivity index (χ3v) is 5.00. The van der Waals surface area contributed by atoms with Crippen molar-refractivity contribution in [3.05, 3.63) is 9.39 Å². The zero-order chi connectivity index (χ0) is 17.4. The Balaban J connectivity index is 1.86. The van der Waals surface area contributed by atoms with E-state index in [-0.39, 0.29) is 0 Å². The molecule has 0 spiro atoms. The van der Waals surface area contributed by atoms with Gasteiger partial charge in [-0.15, -0.1) is 0 Å². The highest BCUT2D eigenvalue weighted by atomic mass is 127. The van der Waals surface area contributed by atoms with E-state index in [1.54, 1.807) is 6.92 Å². The fraction of sp³-hybridized carbons (Fsp3) is 0.722. The summed E-state index contributed by atoms with van der Waals surface area (Å²) in [6.07, 6.45) is 8.85. The van der Waals surface area contributed by atoms with Crippen LogP contribution < -0.4 is 9.47 Å². The second-order valence-electron chi connectivity index (χ2n) is 6.24. The molecule has 0 fully saturated rings. The number of unbranched alkanes of at least 4 members (excludes halogenated alkanes) is 5. The summed E-state index contributed by atoms with van der Waals surface area (Å²) in [5, 5.41) is 0. The molecular weight excluding hydrogens is 421 g/mol. The normalized spacial score (nSPS) is 16.7. The predicted octanol–water partition coefficient (Wildman–Crippen LogP) is 4.93. The van der Waals surface area contributed by atoms with E-state index in [4.69, 9.17) is 14.2 Å². The fourth-order valence-electron chi connectivity index (χ4n) is 2.88. The first-order valence-corrected chi connectivity index (χ1v) is 10.1. The molecule has 1 aliphatic heterocycles. The summed E-state index contributed by atoms with van der Waals surface area (Å²) in [5.41, 5.74) is 0.358. The largest absolute Gasteiger partial charge is 0.487 e. The van der Waals surface area contributed by atoms with Gasteiger partial charge in [-0.2, -0.15) is 0 Å². The molecule has 0 saturated heterocycles. The van der Waals surface area contributed by atoms with Crippen molar-refractivity contribution >= 4 is 28.6 Å². The van der Waals surface area contributed by atoms with Crippen molar-refractivity contribution in [1.82, 2.24) is 4.98 Å². The number of nitrogens with one attached hydrogen (secondary N) is 1. The lowest BCUT2D eigenvalue weighted by molar-refractivity contribution is 0.0514. The number of carbonyl (C=O) groups excluding carboxylic acids is 1. The van der Waals surface area contributed by atoms with Gasteiger partial charge < -0.3 is 19.2 Å². The number of esters is 1. The first kappa shape index (κ1) is 19.4. The van der Waals surface area contributed by atoms with Crippen LogP contribution in [0.5, 0.6) is 11.5 Å². The molecule has 136 valence electrons. The minimum atomic E-state index is -0.394. The Morgan fingerprint density at radius 1 is 1.12 bits per heavy atom. The van der Waals surface area contributed by atoms with Crippen LogP contribution in [-0.2, 0) is 4.74 Å². The maximum Gasteiger partial charge on any atom is 0.358 e. The highest BCUT2D eigenvalue weighted by Crippen LogP contribution is 2.39. The van der Waals surface area contributed by atoms with Crippen molar-refractivity contribution in [3.8, 4) is 11.5 Å². The third-order valence-electron chi connectivity index (χ3n) is 4.24. The lowest BCUT2D eigenvalue weighted by Gasteiger charge is -2.13. The van der Waals surface area contributed by atoms with Gasteiger partial charge in [0.25, 0.3) is 0 Å². The van der Waals surface area contributed by atoms with Crippen LogP contribution in [0.4, 0.5) is 0 Å². The molecule has 0 amide bonds. The summed E-state index contributed by atoms with van der Waals surface area (Å²) in [6, 6.07) is 0. The summed E-state index contributed by atoms with van der Waals surface area (Å²) in [7, 11) is 0. The lowest BCUT2D eigenvalue weighted by Crippen LogP contribution is -2.17. The van der Waals surface area contributed by atoms with E-state index >= 15 is 0 Å². The molecule has 0 bridgehead atoms. The number of H-pyrrole nitrogens is 1. The number of fused-ring (bicyclic) bond motifs is 1. The average Bonchev–Trinajstić information content (AvgIpc) is 2.75. The Morgan fingerprint density at radius 3 is 2.50 bits per heavy atom. The number of hydrogen-bond acceptors (Lipinski definition) is 4. The number of hydrogen-bond donors (Lipinski definition) is 1. The van der Waals surface area contributed by atoms with Crippen molar-refractivity contribution in [3.63, 3.8) is 0 Å². The Morgan fingerprint density at radius 2 is 1.79 bits per heavy atom. The minimum absolute atomic E-state index is 0.338. The number of aromatic amines is 1. The van der Waals surface area contributed by atoms with Crippen molar-refractivity contribution < 1.29 is 19.0 Å². The molecule has 2 heterocycles. The monoisotopic (exact) mass is 449 g/mol. The second kappa shape index (κ2) is 10.2. The van der Waals surface area contributed by atoms with Gasteiger partial charge in [-0.05, 0) is 35.9 Å². The van der Waals surface area contributed by atoms with Gasteiger partial charge in [0.15, 0.2) is 17.2 Å². The Labute approximate surface area is 158 Å². The molecule has 1 atom stereocenters. The van der Waals surface area contributed by atoms with Crippen LogP contribution in [0.2, 0.25) is 0 Å². The molecule has 0 saturated carbocycles. The number of carbonyl (C=O) groups is 1. The number of ether oxygens (including phenoxy) is 3. The van der Waals surface area contributed by atoms with Crippen molar-refractivity contribution in [2.24, 2.45) is 5.92 Å². The van der Waals surface area contributed by atoms with E-state index in [2.05, 4.69) is 34.5 Å².